The Hall–Kier alpha value is -0.940. The molecule has 1 saturated heterocycles. The van der Waals surface area contributed by atoms with Crippen molar-refractivity contribution in [2.24, 2.45) is 10.8 Å². The van der Waals surface area contributed by atoms with E-state index < -0.39 is 10.8 Å². The lowest BCUT2D eigenvalue weighted by atomic mass is 9.72. The SMILES string of the molecule is CO[C@@H]1C[C@@H](CO)N(C(=O)C(C)(C)CC(C)(C)C(C)=O)C1. The van der Waals surface area contributed by atoms with Gasteiger partial charge in [-0.3, -0.25) is 9.59 Å². The number of carbonyl (C=O) groups excluding carboxylic acids is 2. The van der Waals surface area contributed by atoms with Crippen molar-refractivity contribution in [1.82, 2.24) is 4.90 Å². The minimum atomic E-state index is -0.648. The molecule has 0 aromatic carbocycles. The zero-order valence-corrected chi connectivity index (χ0v) is 14.1. The monoisotopic (exact) mass is 299 g/mol. The van der Waals surface area contributed by atoms with Crippen molar-refractivity contribution in [1.29, 1.82) is 0 Å². The Morgan fingerprint density at radius 1 is 1.24 bits per heavy atom. The van der Waals surface area contributed by atoms with Gasteiger partial charge in [0.25, 0.3) is 0 Å². The number of amides is 1. The molecule has 122 valence electrons. The number of ketones is 1. The molecule has 1 amide bonds. The van der Waals surface area contributed by atoms with Crippen LogP contribution >= 0.6 is 0 Å². The Labute approximate surface area is 127 Å². The number of carbonyl (C=O) groups is 2. The number of methoxy groups -OCH3 is 1. The molecule has 1 heterocycles. The summed E-state index contributed by atoms with van der Waals surface area (Å²) in [7, 11) is 1.62. The molecular formula is C16H29NO4. The standard InChI is InChI=1S/C16H29NO4/c1-11(19)15(2,3)10-16(4,5)14(20)17-8-13(21-6)7-12(17)9-18/h12-13,18H,7-10H2,1-6H3/t12-,13+/m0/s1. The third kappa shape index (κ3) is 4.04. The zero-order valence-electron chi connectivity index (χ0n) is 14.1. The fourth-order valence-corrected chi connectivity index (χ4v) is 3.16. The van der Waals surface area contributed by atoms with Gasteiger partial charge in [0.2, 0.25) is 5.91 Å². The van der Waals surface area contributed by atoms with Gasteiger partial charge >= 0.3 is 0 Å². The van der Waals surface area contributed by atoms with E-state index in [4.69, 9.17) is 4.74 Å². The number of hydrogen-bond acceptors (Lipinski definition) is 4. The van der Waals surface area contributed by atoms with E-state index in [0.29, 0.717) is 19.4 Å². The normalized spacial score (nSPS) is 23.5. The highest BCUT2D eigenvalue weighted by Crippen LogP contribution is 2.37. The van der Waals surface area contributed by atoms with Crippen LogP contribution in [0.4, 0.5) is 0 Å². The number of ether oxygens (including phenoxy) is 1. The van der Waals surface area contributed by atoms with Crippen LogP contribution in [0.5, 0.6) is 0 Å². The molecule has 0 radical (unpaired) electrons. The molecule has 0 bridgehead atoms. The van der Waals surface area contributed by atoms with Crippen LogP contribution in [0, 0.1) is 10.8 Å². The van der Waals surface area contributed by atoms with Crippen LogP contribution in [-0.4, -0.2) is 54.1 Å². The molecule has 1 fully saturated rings. The Morgan fingerprint density at radius 3 is 2.24 bits per heavy atom. The largest absolute Gasteiger partial charge is 0.394 e. The highest BCUT2D eigenvalue weighted by molar-refractivity contribution is 5.86. The maximum Gasteiger partial charge on any atom is 0.228 e. The van der Waals surface area contributed by atoms with Gasteiger partial charge in [-0.1, -0.05) is 27.7 Å². The van der Waals surface area contributed by atoms with Crippen molar-refractivity contribution < 1.29 is 19.4 Å². The fraction of sp³-hybridized carbons (Fsp3) is 0.875. The van der Waals surface area contributed by atoms with Crippen LogP contribution in [0.2, 0.25) is 0 Å². The Morgan fingerprint density at radius 2 is 1.81 bits per heavy atom. The highest BCUT2D eigenvalue weighted by atomic mass is 16.5. The molecule has 1 aliphatic rings. The third-order valence-corrected chi connectivity index (χ3v) is 4.60. The van der Waals surface area contributed by atoms with Gasteiger partial charge in [0.15, 0.2) is 0 Å². The molecule has 2 atom stereocenters. The summed E-state index contributed by atoms with van der Waals surface area (Å²) in [5, 5.41) is 9.48. The van der Waals surface area contributed by atoms with Gasteiger partial charge in [0, 0.05) is 24.5 Å². The fourth-order valence-electron chi connectivity index (χ4n) is 3.16. The van der Waals surface area contributed by atoms with Crippen LogP contribution in [0.15, 0.2) is 0 Å². The highest BCUT2D eigenvalue weighted by Gasteiger charge is 2.44. The molecule has 0 aromatic rings. The van der Waals surface area contributed by atoms with Gasteiger partial charge in [-0.15, -0.1) is 0 Å². The summed E-state index contributed by atoms with van der Waals surface area (Å²) >= 11 is 0. The van der Waals surface area contributed by atoms with Crippen LogP contribution in [0.3, 0.4) is 0 Å². The van der Waals surface area contributed by atoms with Gasteiger partial charge in [0.1, 0.15) is 5.78 Å². The molecule has 0 saturated carbocycles. The molecule has 0 unspecified atom stereocenters. The summed E-state index contributed by atoms with van der Waals surface area (Å²) in [6.07, 6.45) is 1.12. The van der Waals surface area contributed by atoms with Crippen LogP contribution in [-0.2, 0) is 14.3 Å². The first-order chi connectivity index (χ1) is 9.55. The second kappa shape index (κ2) is 6.44. The maximum absolute atomic E-state index is 12.8. The number of aliphatic hydroxyl groups excluding tert-OH is 1. The molecule has 21 heavy (non-hydrogen) atoms. The van der Waals surface area contributed by atoms with E-state index >= 15 is 0 Å². The maximum atomic E-state index is 12.8. The zero-order chi connectivity index (χ0) is 16.4. The molecule has 1 N–H and O–H groups in total. The first kappa shape index (κ1) is 18.1. The number of aliphatic hydroxyl groups is 1. The van der Waals surface area contributed by atoms with E-state index in [1.54, 1.807) is 18.9 Å². The second-order valence-electron chi connectivity index (χ2n) is 7.39. The summed E-state index contributed by atoms with van der Waals surface area (Å²) in [6, 6.07) is -0.192. The third-order valence-electron chi connectivity index (χ3n) is 4.60. The van der Waals surface area contributed by atoms with Gasteiger partial charge in [-0.2, -0.15) is 0 Å². The Kier molecular flexibility index (Phi) is 5.56. The quantitative estimate of drug-likeness (QED) is 0.809. The molecule has 0 aromatic heterocycles. The number of Topliss-reactive ketones (excluding diaryl/α,β-unsaturated/α-hetero) is 1. The summed E-state index contributed by atoms with van der Waals surface area (Å²) in [5.41, 5.74) is -1.18. The molecule has 5 nitrogen and oxygen atoms in total. The predicted octanol–water partition coefficient (Wildman–Crippen LogP) is 1.63. The number of nitrogens with zero attached hydrogens (tertiary/aromatic N) is 1. The van der Waals surface area contributed by atoms with Crippen molar-refractivity contribution in [3.05, 3.63) is 0 Å². The summed E-state index contributed by atoms with van der Waals surface area (Å²) in [4.78, 5) is 26.3. The van der Waals surface area contributed by atoms with Gasteiger partial charge in [-0.25, -0.2) is 0 Å². The van der Waals surface area contributed by atoms with Gasteiger partial charge in [-0.05, 0) is 19.8 Å². The summed E-state index contributed by atoms with van der Waals surface area (Å²) < 4.78 is 5.32. The first-order valence-corrected chi connectivity index (χ1v) is 7.51. The lowest BCUT2D eigenvalue weighted by Gasteiger charge is -2.36. The van der Waals surface area contributed by atoms with Gasteiger partial charge in [0.05, 0.1) is 18.8 Å². The minimum Gasteiger partial charge on any atom is -0.394 e. The molecule has 1 aliphatic heterocycles. The average molecular weight is 299 g/mol. The average Bonchev–Trinajstić information content (AvgIpc) is 2.79. The van der Waals surface area contributed by atoms with Crippen molar-refractivity contribution in [3.63, 3.8) is 0 Å². The van der Waals surface area contributed by atoms with E-state index in [9.17, 15) is 14.7 Å². The smallest absolute Gasteiger partial charge is 0.228 e. The van der Waals surface area contributed by atoms with Crippen LogP contribution in [0.1, 0.15) is 47.5 Å². The molecule has 5 heteroatoms. The first-order valence-electron chi connectivity index (χ1n) is 7.51. The number of rotatable bonds is 6. The lowest BCUT2D eigenvalue weighted by Crippen LogP contribution is -2.47. The van der Waals surface area contributed by atoms with E-state index in [1.165, 1.54) is 0 Å². The molecular weight excluding hydrogens is 270 g/mol. The minimum absolute atomic E-state index is 0.0181. The lowest BCUT2D eigenvalue weighted by molar-refractivity contribution is -0.145. The van der Waals surface area contributed by atoms with Gasteiger partial charge < -0.3 is 14.7 Å². The predicted molar refractivity (Wildman–Crippen MR) is 80.9 cm³/mol. The van der Waals surface area contributed by atoms with Crippen LogP contribution in [0.25, 0.3) is 0 Å². The van der Waals surface area contributed by atoms with E-state index in [0.717, 1.165) is 0 Å². The molecule has 0 spiro atoms. The van der Waals surface area contributed by atoms with E-state index in [1.807, 2.05) is 27.7 Å². The Bertz CT molecular complexity index is 403. The molecule has 0 aliphatic carbocycles. The Balaban J connectivity index is 2.87. The second-order valence-corrected chi connectivity index (χ2v) is 7.39. The number of likely N-dealkylation sites (tertiary alicyclic amines) is 1. The molecule has 1 rings (SSSR count). The van der Waals surface area contributed by atoms with E-state index in [-0.39, 0.29) is 30.4 Å². The van der Waals surface area contributed by atoms with E-state index in [2.05, 4.69) is 0 Å². The number of hydrogen-bond donors (Lipinski definition) is 1. The topological polar surface area (TPSA) is 66.8 Å². The van der Waals surface area contributed by atoms with Crippen molar-refractivity contribution >= 4 is 11.7 Å². The van der Waals surface area contributed by atoms with Crippen molar-refractivity contribution in [2.75, 3.05) is 20.3 Å². The van der Waals surface area contributed by atoms with Crippen LogP contribution < -0.4 is 0 Å². The summed E-state index contributed by atoms with van der Waals surface area (Å²) in [6.45, 7) is 9.49. The van der Waals surface area contributed by atoms with Crippen molar-refractivity contribution in [3.8, 4) is 0 Å². The summed E-state index contributed by atoms with van der Waals surface area (Å²) in [5.74, 6) is 0.0636. The van der Waals surface area contributed by atoms with Crippen molar-refractivity contribution in [2.45, 2.75) is 59.6 Å².